The second kappa shape index (κ2) is 5.06. The van der Waals surface area contributed by atoms with Crippen LogP contribution in [0.1, 0.15) is 18.4 Å². The highest BCUT2D eigenvalue weighted by Crippen LogP contribution is 2.28. The average molecular weight is 210 g/mol. The zero-order valence-corrected chi connectivity index (χ0v) is 9.05. The number of allylic oxidation sites excluding steroid dienone is 1. The highest BCUT2D eigenvalue weighted by atomic mass is 35.5. The van der Waals surface area contributed by atoms with Crippen LogP contribution in [0.25, 0.3) is 0 Å². The smallest absolute Gasteiger partial charge is 0.137 e. The van der Waals surface area contributed by atoms with Crippen molar-refractivity contribution in [3.05, 3.63) is 48.4 Å². The number of hydrogen-bond acceptors (Lipinski definition) is 1. The highest BCUT2D eigenvalue weighted by molar-refractivity contribution is 6.32. The first kappa shape index (κ1) is 11.1. The molecule has 0 fully saturated rings. The predicted octanol–water partition coefficient (Wildman–Crippen LogP) is 3.84. The van der Waals surface area contributed by atoms with Gasteiger partial charge >= 0.3 is 0 Å². The summed E-state index contributed by atoms with van der Waals surface area (Å²) in [5.74, 6) is 0.789. The Bertz CT molecular complexity index is 320. The predicted molar refractivity (Wildman–Crippen MR) is 60.9 cm³/mol. The van der Waals surface area contributed by atoms with Crippen molar-refractivity contribution in [2.24, 2.45) is 0 Å². The molecule has 75 valence electrons. The molecule has 0 bridgehead atoms. The van der Waals surface area contributed by atoms with Crippen LogP contribution in [0.3, 0.4) is 0 Å². The van der Waals surface area contributed by atoms with Gasteiger partial charge in [0.05, 0.1) is 11.6 Å². The maximum absolute atomic E-state index is 6.02. The Morgan fingerprint density at radius 3 is 2.79 bits per heavy atom. The summed E-state index contributed by atoms with van der Waals surface area (Å²) in [6.07, 6.45) is 1.78. The molecule has 0 heterocycles. The minimum absolute atomic E-state index is 0.0724. The summed E-state index contributed by atoms with van der Waals surface area (Å²) in [6.45, 7) is 10.2. The summed E-state index contributed by atoms with van der Waals surface area (Å²) in [5.41, 5.74) is 1.05. The van der Waals surface area contributed by atoms with E-state index in [0.29, 0.717) is 17.4 Å². The molecule has 2 heteroatoms. The van der Waals surface area contributed by atoms with Gasteiger partial charge in [-0.15, -0.1) is 6.58 Å². The third kappa shape index (κ3) is 2.52. The van der Waals surface area contributed by atoms with Crippen molar-refractivity contribution in [1.82, 2.24) is 0 Å². The number of hydrogen-bond donors (Lipinski definition) is 0. The summed E-state index contributed by atoms with van der Waals surface area (Å²) < 4.78 is 5.33. The maximum atomic E-state index is 6.02. The lowest BCUT2D eigenvalue weighted by Crippen LogP contribution is -1.94. The lowest BCUT2D eigenvalue weighted by molar-refractivity contribution is 0.340. The number of ether oxygens (including phenoxy) is 1. The van der Waals surface area contributed by atoms with E-state index in [2.05, 4.69) is 13.5 Å². The van der Waals surface area contributed by atoms with E-state index in [0.717, 1.165) is 5.56 Å². The summed E-state index contributed by atoms with van der Waals surface area (Å²) in [7, 11) is 0. The van der Waals surface area contributed by atoms with Crippen LogP contribution in [0.2, 0.25) is 5.02 Å². The van der Waals surface area contributed by atoms with Crippen molar-refractivity contribution in [1.29, 1.82) is 0 Å². The van der Waals surface area contributed by atoms with Crippen LogP contribution in [-0.4, -0.2) is 6.61 Å². The van der Waals surface area contributed by atoms with Crippen LogP contribution in [0, 0.1) is 6.92 Å². The summed E-state index contributed by atoms with van der Waals surface area (Å²) in [6, 6.07) is 5.69. The Labute approximate surface area is 90.3 Å². The first-order chi connectivity index (χ1) is 6.69. The summed E-state index contributed by atoms with van der Waals surface area (Å²) in [5, 5.41) is 0.625. The first-order valence-corrected chi connectivity index (χ1v) is 4.94. The van der Waals surface area contributed by atoms with E-state index in [-0.39, 0.29) is 5.92 Å². The fraction of sp³-hybridized carbons (Fsp3) is 0.250. The number of halogens is 1. The topological polar surface area (TPSA) is 9.23 Å². The van der Waals surface area contributed by atoms with Gasteiger partial charge < -0.3 is 4.74 Å². The zero-order valence-electron chi connectivity index (χ0n) is 8.29. The molecule has 0 N–H and O–H groups in total. The van der Waals surface area contributed by atoms with Gasteiger partial charge in [-0.2, -0.15) is 0 Å². The Kier molecular flexibility index (Phi) is 4.02. The van der Waals surface area contributed by atoms with Crippen LogP contribution >= 0.6 is 11.6 Å². The number of benzene rings is 1. The van der Waals surface area contributed by atoms with E-state index in [1.54, 1.807) is 6.08 Å². The molecule has 14 heavy (non-hydrogen) atoms. The molecule has 1 atom stereocenters. The lowest BCUT2D eigenvalue weighted by atomic mass is 10.0. The van der Waals surface area contributed by atoms with Crippen molar-refractivity contribution in [3.8, 4) is 5.75 Å². The molecule has 0 aliphatic rings. The van der Waals surface area contributed by atoms with Crippen LogP contribution < -0.4 is 4.74 Å². The summed E-state index contributed by atoms with van der Waals surface area (Å²) in [4.78, 5) is 0. The average Bonchev–Trinajstić information content (AvgIpc) is 2.20. The molecular weight excluding hydrogens is 196 g/mol. The molecule has 1 rings (SSSR count). The summed E-state index contributed by atoms with van der Waals surface area (Å²) >= 11 is 6.02. The van der Waals surface area contributed by atoms with E-state index in [1.165, 1.54) is 0 Å². The standard InChI is InChI=1S/C12H14ClO/c1-4-9(3)10-6-7-12(14-5-2)11(13)8-10/h4,6-9H,1,3,5H2,2H3. The van der Waals surface area contributed by atoms with Gasteiger partial charge in [-0.25, -0.2) is 0 Å². The molecule has 0 spiro atoms. The molecule has 1 aromatic rings. The van der Waals surface area contributed by atoms with E-state index >= 15 is 0 Å². The lowest BCUT2D eigenvalue weighted by Gasteiger charge is -2.10. The van der Waals surface area contributed by atoms with Gasteiger partial charge in [0.25, 0.3) is 0 Å². The molecule has 1 radical (unpaired) electrons. The van der Waals surface area contributed by atoms with Gasteiger partial charge in [-0.05, 0) is 31.5 Å². The third-order valence-electron chi connectivity index (χ3n) is 1.97. The van der Waals surface area contributed by atoms with Crippen molar-refractivity contribution >= 4 is 11.6 Å². The fourth-order valence-electron chi connectivity index (χ4n) is 1.16. The molecule has 0 aliphatic carbocycles. The third-order valence-corrected chi connectivity index (χ3v) is 2.26. The van der Waals surface area contributed by atoms with E-state index in [9.17, 15) is 0 Å². The molecule has 1 nitrogen and oxygen atoms in total. The Hall–Kier alpha value is -0.950. The molecule has 0 saturated heterocycles. The van der Waals surface area contributed by atoms with Crippen LogP contribution in [0.5, 0.6) is 5.75 Å². The van der Waals surface area contributed by atoms with Gasteiger partial charge in [0.1, 0.15) is 5.75 Å². The normalized spacial score (nSPS) is 12.2. The maximum Gasteiger partial charge on any atom is 0.137 e. The van der Waals surface area contributed by atoms with Gasteiger partial charge in [-0.3, -0.25) is 0 Å². The van der Waals surface area contributed by atoms with E-state index < -0.39 is 0 Å². The minimum Gasteiger partial charge on any atom is -0.492 e. The van der Waals surface area contributed by atoms with Crippen molar-refractivity contribution < 1.29 is 4.74 Å². The van der Waals surface area contributed by atoms with Crippen molar-refractivity contribution in [2.75, 3.05) is 6.61 Å². The van der Waals surface area contributed by atoms with Crippen LogP contribution in [-0.2, 0) is 0 Å². The van der Waals surface area contributed by atoms with Crippen LogP contribution in [0.15, 0.2) is 30.9 Å². The van der Waals surface area contributed by atoms with Gasteiger partial charge in [0.2, 0.25) is 0 Å². The van der Waals surface area contributed by atoms with E-state index in [4.69, 9.17) is 16.3 Å². The van der Waals surface area contributed by atoms with E-state index in [1.807, 2.05) is 25.1 Å². The van der Waals surface area contributed by atoms with Crippen molar-refractivity contribution in [3.63, 3.8) is 0 Å². The largest absolute Gasteiger partial charge is 0.492 e. The Morgan fingerprint density at radius 1 is 1.57 bits per heavy atom. The van der Waals surface area contributed by atoms with Gasteiger partial charge in [0, 0.05) is 5.92 Å². The highest BCUT2D eigenvalue weighted by Gasteiger charge is 2.05. The zero-order chi connectivity index (χ0) is 10.6. The van der Waals surface area contributed by atoms with Gasteiger partial charge in [0.15, 0.2) is 0 Å². The minimum atomic E-state index is 0.0724. The number of rotatable bonds is 4. The molecule has 1 unspecified atom stereocenters. The first-order valence-electron chi connectivity index (χ1n) is 4.57. The Balaban J connectivity index is 2.93. The Morgan fingerprint density at radius 2 is 2.29 bits per heavy atom. The second-order valence-corrected chi connectivity index (χ2v) is 3.37. The monoisotopic (exact) mass is 209 g/mol. The quantitative estimate of drug-likeness (QED) is 0.685. The van der Waals surface area contributed by atoms with Crippen molar-refractivity contribution in [2.45, 2.75) is 12.8 Å². The van der Waals surface area contributed by atoms with Gasteiger partial charge in [-0.1, -0.05) is 23.7 Å². The molecular formula is C12H14ClO. The molecule has 0 saturated carbocycles. The molecule has 0 amide bonds. The molecule has 1 aromatic carbocycles. The SMILES string of the molecule is [CH2]C(C=C)c1ccc(OCC)c(Cl)c1. The second-order valence-electron chi connectivity index (χ2n) is 2.97. The van der Waals surface area contributed by atoms with Crippen LogP contribution in [0.4, 0.5) is 0 Å². The fourth-order valence-corrected chi connectivity index (χ4v) is 1.40. The molecule has 0 aromatic heterocycles. The molecule has 0 aliphatic heterocycles.